The molecule has 0 spiro atoms. The summed E-state index contributed by atoms with van der Waals surface area (Å²) in [6.45, 7) is 1.31. The van der Waals surface area contributed by atoms with E-state index in [2.05, 4.69) is 0 Å². The zero-order valence-electron chi connectivity index (χ0n) is 11.2. The number of hydrogen-bond acceptors (Lipinski definition) is 4. The minimum atomic E-state index is -0.0149. The van der Waals surface area contributed by atoms with Crippen LogP contribution in [0, 0.1) is 0 Å². The largest absolute Gasteiger partial charge is 0.493 e. The summed E-state index contributed by atoms with van der Waals surface area (Å²) in [4.78, 5) is 13.9. The van der Waals surface area contributed by atoms with E-state index in [9.17, 15) is 4.79 Å². The maximum Gasteiger partial charge on any atom is 0.260 e. The molecule has 104 valence electrons. The van der Waals surface area contributed by atoms with Gasteiger partial charge in [-0.25, -0.2) is 0 Å². The van der Waals surface area contributed by atoms with Crippen LogP contribution < -0.4 is 15.2 Å². The third kappa shape index (κ3) is 3.17. The molecule has 2 rings (SSSR count). The van der Waals surface area contributed by atoms with Gasteiger partial charge in [-0.2, -0.15) is 0 Å². The summed E-state index contributed by atoms with van der Waals surface area (Å²) in [5.41, 5.74) is 5.66. The number of benzene rings is 1. The molecule has 0 radical (unpaired) electrons. The van der Waals surface area contributed by atoms with Gasteiger partial charge in [0.05, 0.1) is 7.11 Å². The molecule has 2 N–H and O–H groups in total. The summed E-state index contributed by atoms with van der Waals surface area (Å²) >= 11 is 0. The van der Waals surface area contributed by atoms with Gasteiger partial charge in [-0.1, -0.05) is 12.1 Å². The summed E-state index contributed by atoms with van der Waals surface area (Å²) < 4.78 is 10.7. The van der Waals surface area contributed by atoms with E-state index < -0.39 is 0 Å². The normalized spacial score (nSPS) is 18.4. The first-order valence-electron chi connectivity index (χ1n) is 6.51. The van der Waals surface area contributed by atoms with Crippen LogP contribution >= 0.6 is 0 Å². The molecule has 1 aliphatic rings. The van der Waals surface area contributed by atoms with Crippen LogP contribution in [0.15, 0.2) is 24.3 Å². The minimum Gasteiger partial charge on any atom is -0.493 e. The predicted octanol–water partition coefficient (Wildman–Crippen LogP) is 1.02. The Hall–Kier alpha value is -1.75. The molecule has 1 aliphatic heterocycles. The summed E-state index contributed by atoms with van der Waals surface area (Å²) in [5.74, 6) is 1.20. The van der Waals surface area contributed by atoms with Crippen LogP contribution in [0.25, 0.3) is 0 Å². The lowest BCUT2D eigenvalue weighted by Gasteiger charge is -2.23. The maximum atomic E-state index is 12.1. The molecule has 19 heavy (non-hydrogen) atoms. The molecule has 1 aromatic carbocycles. The fourth-order valence-corrected chi connectivity index (χ4v) is 2.37. The van der Waals surface area contributed by atoms with Gasteiger partial charge in [0.25, 0.3) is 5.91 Å². The van der Waals surface area contributed by atoms with E-state index in [0.29, 0.717) is 18.0 Å². The monoisotopic (exact) mass is 264 g/mol. The number of rotatable bonds is 5. The highest BCUT2D eigenvalue weighted by atomic mass is 16.5. The van der Waals surface area contributed by atoms with Crippen LogP contribution in [-0.4, -0.2) is 43.7 Å². The molecule has 5 nitrogen and oxygen atoms in total. The van der Waals surface area contributed by atoms with Crippen molar-refractivity contribution in [2.75, 3.05) is 26.8 Å². The topological polar surface area (TPSA) is 64.8 Å². The Morgan fingerprint density at radius 1 is 1.42 bits per heavy atom. The van der Waals surface area contributed by atoms with Crippen molar-refractivity contribution in [3.05, 3.63) is 24.3 Å². The van der Waals surface area contributed by atoms with Gasteiger partial charge in [-0.05, 0) is 25.0 Å². The molecule has 1 atom stereocenters. The standard InChI is InChI=1S/C14H20N2O3/c1-18-12-6-2-3-7-13(12)19-10-14(17)16-8-4-5-11(16)9-15/h2-3,6-7,11H,4-5,8-10,15H2,1H3/t11-/m0/s1. The quantitative estimate of drug-likeness (QED) is 0.862. The SMILES string of the molecule is COc1ccccc1OCC(=O)N1CCC[C@H]1CN. The Bertz CT molecular complexity index is 436. The second-order valence-electron chi connectivity index (χ2n) is 4.56. The van der Waals surface area contributed by atoms with Gasteiger partial charge in [0.2, 0.25) is 0 Å². The minimum absolute atomic E-state index is 0.0149. The number of ether oxygens (including phenoxy) is 2. The third-order valence-electron chi connectivity index (χ3n) is 3.39. The molecule has 0 saturated carbocycles. The van der Waals surface area contributed by atoms with Gasteiger partial charge in [0.15, 0.2) is 18.1 Å². The average Bonchev–Trinajstić information content (AvgIpc) is 2.93. The first kappa shape index (κ1) is 13.7. The van der Waals surface area contributed by atoms with Gasteiger partial charge in [-0.3, -0.25) is 4.79 Å². The third-order valence-corrected chi connectivity index (χ3v) is 3.39. The second kappa shape index (κ2) is 6.43. The van der Waals surface area contributed by atoms with Crippen molar-refractivity contribution in [1.29, 1.82) is 0 Å². The van der Waals surface area contributed by atoms with Crippen LogP contribution in [0.2, 0.25) is 0 Å². The van der Waals surface area contributed by atoms with Crippen LogP contribution in [0.1, 0.15) is 12.8 Å². The second-order valence-corrected chi connectivity index (χ2v) is 4.56. The highest BCUT2D eigenvalue weighted by Crippen LogP contribution is 2.26. The molecule has 0 aliphatic carbocycles. The molecule has 1 saturated heterocycles. The number of hydrogen-bond donors (Lipinski definition) is 1. The van der Waals surface area contributed by atoms with E-state index >= 15 is 0 Å². The number of nitrogens with two attached hydrogens (primary N) is 1. The molecule has 1 fully saturated rings. The van der Waals surface area contributed by atoms with Gasteiger partial charge in [0.1, 0.15) is 0 Å². The fraction of sp³-hybridized carbons (Fsp3) is 0.500. The highest BCUT2D eigenvalue weighted by Gasteiger charge is 2.27. The average molecular weight is 264 g/mol. The highest BCUT2D eigenvalue weighted by molar-refractivity contribution is 5.78. The number of nitrogens with zero attached hydrogens (tertiary/aromatic N) is 1. The predicted molar refractivity (Wildman–Crippen MR) is 72.3 cm³/mol. The van der Waals surface area contributed by atoms with Crippen molar-refractivity contribution >= 4 is 5.91 Å². The van der Waals surface area contributed by atoms with Crippen molar-refractivity contribution in [2.45, 2.75) is 18.9 Å². The van der Waals surface area contributed by atoms with Crippen molar-refractivity contribution in [2.24, 2.45) is 5.73 Å². The molecule has 1 amide bonds. The molecular formula is C14H20N2O3. The van der Waals surface area contributed by atoms with E-state index in [1.807, 2.05) is 17.0 Å². The number of carbonyl (C=O) groups excluding carboxylic acids is 1. The Balaban J connectivity index is 1.93. The van der Waals surface area contributed by atoms with Crippen molar-refractivity contribution in [3.8, 4) is 11.5 Å². The van der Waals surface area contributed by atoms with E-state index in [4.69, 9.17) is 15.2 Å². The number of likely N-dealkylation sites (tertiary alicyclic amines) is 1. The maximum absolute atomic E-state index is 12.1. The molecule has 0 bridgehead atoms. The van der Waals surface area contributed by atoms with Crippen LogP contribution in [0.3, 0.4) is 0 Å². The summed E-state index contributed by atoms with van der Waals surface area (Å²) in [6, 6.07) is 7.46. The molecule has 5 heteroatoms. The first-order valence-corrected chi connectivity index (χ1v) is 6.51. The molecular weight excluding hydrogens is 244 g/mol. The Kier molecular flexibility index (Phi) is 4.63. The lowest BCUT2D eigenvalue weighted by Crippen LogP contribution is -2.42. The van der Waals surface area contributed by atoms with Crippen molar-refractivity contribution < 1.29 is 14.3 Å². The van der Waals surface area contributed by atoms with Crippen molar-refractivity contribution in [3.63, 3.8) is 0 Å². The lowest BCUT2D eigenvalue weighted by molar-refractivity contribution is -0.134. The lowest BCUT2D eigenvalue weighted by atomic mass is 10.2. The van der Waals surface area contributed by atoms with E-state index in [1.165, 1.54) is 0 Å². The summed E-state index contributed by atoms with van der Waals surface area (Å²) in [6.07, 6.45) is 2.00. The molecule has 1 aromatic rings. The zero-order chi connectivity index (χ0) is 13.7. The Morgan fingerprint density at radius 3 is 2.84 bits per heavy atom. The Labute approximate surface area is 113 Å². The van der Waals surface area contributed by atoms with Crippen LogP contribution in [0.5, 0.6) is 11.5 Å². The van der Waals surface area contributed by atoms with E-state index in [0.717, 1.165) is 19.4 Å². The fourth-order valence-electron chi connectivity index (χ4n) is 2.37. The van der Waals surface area contributed by atoms with E-state index in [-0.39, 0.29) is 18.6 Å². The molecule has 0 unspecified atom stereocenters. The van der Waals surface area contributed by atoms with E-state index in [1.54, 1.807) is 19.2 Å². The first-order chi connectivity index (χ1) is 9.26. The van der Waals surface area contributed by atoms with Crippen LogP contribution in [-0.2, 0) is 4.79 Å². The Morgan fingerprint density at radius 2 is 2.16 bits per heavy atom. The van der Waals surface area contributed by atoms with Gasteiger partial charge in [-0.15, -0.1) is 0 Å². The van der Waals surface area contributed by atoms with Gasteiger partial charge in [0, 0.05) is 19.1 Å². The van der Waals surface area contributed by atoms with Crippen LogP contribution in [0.4, 0.5) is 0 Å². The number of methoxy groups -OCH3 is 1. The van der Waals surface area contributed by atoms with Gasteiger partial charge >= 0.3 is 0 Å². The molecule has 0 aromatic heterocycles. The number of carbonyl (C=O) groups is 1. The molecule has 1 heterocycles. The van der Waals surface area contributed by atoms with Gasteiger partial charge < -0.3 is 20.1 Å². The number of amides is 1. The summed E-state index contributed by atoms with van der Waals surface area (Å²) in [5, 5.41) is 0. The van der Waals surface area contributed by atoms with Crippen molar-refractivity contribution in [1.82, 2.24) is 4.90 Å². The number of para-hydroxylation sites is 2. The zero-order valence-corrected chi connectivity index (χ0v) is 11.2. The summed E-state index contributed by atoms with van der Waals surface area (Å²) in [7, 11) is 1.58. The smallest absolute Gasteiger partial charge is 0.260 e.